The van der Waals surface area contributed by atoms with E-state index in [1.54, 1.807) is 0 Å². The van der Waals surface area contributed by atoms with E-state index < -0.39 is 0 Å². The molecule has 0 fully saturated rings. The van der Waals surface area contributed by atoms with E-state index in [1.807, 2.05) is 32.0 Å². The molecule has 2 rings (SSSR count). The summed E-state index contributed by atoms with van der Waals surface area (Å²) in [6.07, 6.45) is 0.557. The lowest BCUT2D eigenvalue weighted by atomic mass is 9.94. The van der Waals surface area contributed by atoms with Crippen LogP contribution in [0.15, 0.2) is 18.2 Å². The molecule has 0 aromatic heterocycles. The number of rotatable bonds is 2. The topological polar surface area (TPSA) is 29.5 Å². The third kappa shape index (κ3) is 1.50. The summed E-state index contributed by atoms with van der Waals surface area (Å²) in [5.74, 6) is 1.20. The Hall–Kier alpha value is -1.02. The molecule has 0 bridgehead atoms. The molecule has 1 atom stereocenters. The van der Waals surface area contributed by atoms with Gasteiger partial charge >= 0.3 is 0 Å². The van der Waals surface area contributed by atoms with E-state index in [9.17, 15) is 5.11 Å². The molecule has 2 nitrogen and oxygen atoms in total. The average Bonchev–Trinajstić information content (AvgIpc) is 2.63. The van der Waals surface area contributed by atoms with E-state index in [0.29, 0.717) is 0 Å². The smallest absolute Gasteiger partial charge is 0.122 e. The average molecular weight is 192 g/mol. The number of hydrogen-bond donors (Lipinski definition) is 1. The molecular formula is C12H16O2. The third-order valence-corrected chi connectivity index (χ3v) is 2.73. The van der Waals surface area contributed by atoms with Crippen molar-refractivity contribution in [2.45, 2.75) is 26.4 Å². The summed E-state index contributed by atoms with van der Waals surface area (Å²) in [5.41, 5.74) is 2.23. The molecule has 1 heterocycles. The van der Waals surface area contributed by atoms with Gasteiger partial charge in [0.1, 0.15) is 5.75 Å². The van der Waals surface area contributed by atoms with Gasteiger partial charge in [-0.05, 0) is 17.5 Å². The van der Waals surface area contributed by atoms with Crippen LogP contribution >= 0.6 is 0 Å². The molecule has 0 spiro atoms. The van der Waals surface area contributed by atoms with Crippen molar-refractivity contribution in [1.29, 1.82) is 0 Å². The SMILES string of the molecule is CC(C)C(O)c1cccc2c1CCO2. The number of aliphatic hydroxyl groups excluding tert-OH is 1. The largest absolute Gasteiger partial charge is 0.493 e. The van der Waals surface area contributed by atoms with Crippen molar-refractivity contribution >= 4 is 0 Å². The van der Waals surface area contributed by atoms with Crippen molar-refractivity contribution in [3.63, 3.8) is 0 Å². The first-order valence-electron chi connectivity index (χ1n) is 5.13. The number of aliphatic hydroxyl groups is 1. The van der Waals surface area contributed by atoms with Gasteiger partial charge in [-0.25, -0.2) is 0 Å². The zero-order valence-corrected chi connectivity index (χ0v) is 8.66. The highest BCUT2D eigenvalue weighted by atomic mass is 16.5. The molecule has 0 radical (unpaired) electrons. The standard InChI is InChI=1S/C12H16O2/c1-8(2)12(13)10-4-3-5-11-9(10)6-7-14-11/h3-5,8,12-13H,6-7H2,1-2H3. The van der Waals surface area contributed by atoms with Crippen molar-refractivity contribution < 1.29 is 9.84 Å². The van der Waals surface area contributed by atoms with Gasteiger partial charge in [-0.1, -0.05) is 26.0 Å². The van der Waals surface area contributed by atoms with Crippen LogP contribution in [0.5, 0.6) is 5.75 Å². The van der Waals surface area contributed by atoms with Crippen LogP contribution in [0, 0.1) is 5.92 Å². The number of fused-ring (bicyclic) bond motifs is 1. The van der Waals surface area contributed by atoms with Crippen LogP contribution in [0.2, 0.25) is 0 Å². The molecule has 0 aliphatic carbocycles. The summed E-state index contributed by atoms with van der Waals surface area (Å²) in [6, 6.07) is 5.92. The molecule has 76 valence electrons. The normalized spacial score (nSPS) is 16.6. The van der Waals surface area contributed by atoms with Gasteiger partial charge in [-0.15, -0.1) is 0 Å². The lowest BCUT2D eigenvalue weighted by molar-refractivity contribution is 0.126. The van der Waals surface area contributed by atoms with Gasteiger partial charge in [0.2, 0.25) is 0 Å². The van der Waals surface area contributed by atoms with Crippen molar-refractivity contribution in [2.24, 2.45) is 5.92 Å². The summed E-state index contributed by atoms with van der Waals surface area (Å²) in [6.45, 7) is 4.80. The quantitative estimate of drug-likeness (QED) is 0.779. The monoisotopic (exact) mass is 192 g/mol. The second kappa shape index (κ2) is 3.62. The minimum atomic E-state index is -0.369. The summed E-state index contributed by atoms with van der Waals surface area (Å²) in [4.78, 5) is 0. The fraction of sp³-hybridized carbons (Fsp3) is 0.500. The Morgan fingerprint density at radius 2 is 2.14 bits per heavy atom. The summed E-state index contributed by atoms with van der Waals surface area (Å²) in [7, 11) is 0. The highest BCUT2D eigenvalue weighted by Crippen LogP contribution is 2.33. The predicted molar refractivity (Wildman–Crippen MR) is 55.4 cm³/mol. The van der Waals surface area contributed by atoms with Gasteiger partial charge < -0.3 is 9.84 Å². The van der Waals surface area contributed by atoms with Crippen LogP contribution in [0.3, 0.4) is 0 Å². The Labute approximate surface area is 84.5 Å². The van der Waals surface area contributed by atoms with Crippen molar-refractivity contribution in [3.8, 4) is 5.75 Å². The Balaban J connectivity index is 2.39. The molecule has 1 aliphatic rings. The fourth-order valence-corrected chi connectivity index (χ4v) is 1.88. The second-order valence-electron chi connectivity index (χ2n) is 4.11. The Morgan fingerprint density at radius 3 is 2.86 bits per heavy atom. The molecule has 0 amide bonds. The lowest BCUT2D eigenvalue weighted by Gasteiger charge is -2.17. The Morgan fingerprint density at radius 1 is 1.36 bits per heavy atom. The minimum Gasteiger partial charge on any atom is -0.493 e. The van der Waals surface area contributed by atoms with Crippen molar-refractivity contribution in [2.75, 3.05) is 6.61 Å². The van der Waals surface area contributed by atoms with E-state index in [4.69, 9.17) is 4.74 Å². The lowest BCUT2D eigenvalue weighted by Crippen LogP contribution is -2.07. The highest BCUT2D eigenvalue weighted by Gasteiger charge is 2.21. The van der Waals surface area contributed by atoms with Gasteiger partial charge in [0, 0.05) is 12.0 Å². The van der Waals surface area contributed by atoms with Gasteiger partial charge in [0.25, 0.3) is 0 Å². The maximum absolute atomic E-state index is 10.0. The predicted octanol–water partition coefficient (Wildman–Crippen LogP) is 2.31. The summed E-state index contributed by atoms with van der Waals surface area (Å²) < 4.78 is 5.46. The number of ether oxygens (including phenoxy) is 1. The highest BCUT2D eigenvalue weighted by molar-refractivity contribution is 5.43. The fourth-order valence-electron chi connectivity index (χ4n) is 1.88. The van der Waals surface area contributed by atoms with Gasteiger partial charge in [0.05, 0.1) is 12.7 Å². The molecule has 0 saturated heterocycles. The summed E-state index contributed by atoms with van der Waals surface area (Å²) in [5, 5.41) is 10.0. The maximum Gasteiger partial charge on any atom is 0.122 e. The Kier molecular flexibility index (Phi) is 2.46. The first kappa shape index (κ1) is 9.53. The molecule has 1 aromatic rings. The van der Waals surface area contributed by atoms with Crippen LogP contribution in [-0.2, 0) is 6.42 Å². The zero-order valence-electron chi connectivity index (χ0n) is 8.66. The minimum absolute atomic E-state index is 0.252. The summed E-state index contributed by atoms with van der Waals surface area (Å²) >= 11 is 0. The van der Waals surface area contributed by atoms with Gasteiger partial charge in [-0.2, -0.15) is 0 Å². The molecule has 2 heteroatoms. The van der Waals surface area contributed by atoms with E-state index >= 15 is 0 Å². The van der Waals surface area contributed by atoms with Crippen molar-refractivity contribution in [3.05, 3.63) is 29.3 Å². The van der Waals surface area contributed by atoms with Crippen LogP contribution in [0.4, 0.5) is 0 Å². The van der Waals surface area contributed by atoms with Crippen LogP contribution in [-0.4, -0.2) is 11.7 Å². The van der Waals surface area contributed by atoms with Gasteiger partial charge in [-0.3, -0.25) is 0 Å². The number of benzene rings is 1. The first-order chi connectivity index (χ1) is 6.70. The van der Waals surface area contributed by atoms with E-state index in [-0.39, 0.29) is 12.0 Å². The van der Waals surface area contributed by atoms with Gasteiger partial charge in [0.15, 0.2) is 0 Å². The first-order valence-corrected chi connectivity index (χ1v) is 5.13. The van der Waals surface area contributed by atoms with Crippen molar-refractivity contribution in [1.82, 2.24) is 0 Å². The Bertz CT molecular complexity index is 331. The molecular weight excluding hydrogens is 176 g/mol. The third-order valence-electron chi connectivity index (χ3n) is 2.73. The van der Waals surface area contributed by atoms with E-state index in [2.05, 4.69) is 0 Å². The van der Waals surface area contributed by atoms with E-state index in [0.717, 1.165) is 24.3 Å². The molecule has 14 heavy (non-hydrogen) atoms. The molecule has 1 unspecified atom stereocenters. The second-order valence-corrected chi connectivity index (χ2v) is 4.11. The molecule has 1 aliphatic heterocycles. The van der Waals surface area contributed by atoms with Crippen LogP contribution in [0.25, 0.3) is 0 Å². The molecule has 0 saturated carbocycles. The molecule has 1 N–H and O–H groups in total. The van der Waals surface area contributed by atoms with Crippen LogP contribution < -0.4 is 4.74 Å². The molecule has 1 aromatic carbocycles. The van der Waals surface area contributed by atoms with E-state index in [1.165, 1.54) is 5.56 Å². The maximum atomic E-state index is 10.0. The zero-order chi connectivity index (χ0) is 10.1. The van der Waals surface area contributed by atoms with Crippen LogP contribution in [0.1, 0.15) is 31.1 Å². The number of hydrogen-bond acceptors (Lipinski definition) is 2.